The van der Waals surface area contributed by atoms with Crippen LogP contribution in [0.25, 0.3) is 0 Å². The van der Waals surface area contributed by atoms with E-state index in [1.165, 1.54) is 0 Å². The van der Waals surface area contributed by atoms with Gasteiger partial charge >= 0.3 is 0 Å². The SMILES string of the molecule is COc1ccc(C(=O)c2c(C)cnn2C)cc1Br. The van der Waals surface area contributed by atoms with E-state index in [1.54, 1.807) is 43.2 Å². The largest absolute Gasteiger partial charge is 0.496 e. The first kappa shape index (κ1) is 12.8. The highest BCUT2D eigenvalue weighted by Gasteiger charge is 2.17. The molecule has 0 aliphatic carbocycles. The molecule has 2 aromatic rings. The number of ketones is 1. The zero-order valence-electron chi connectivity index (χ0n) is 10.4. The van der Waals surface area contributed by atoms with Crippen LogP contribution in [0.1, 0.15) is 21.6 Å². The van der Waals surface area contributed by atoms with Crippen molar-refractivity contribution in [1.29, 1.82) is 0 Å². The summed E-state index contributed by atoms with van der Waals surface area (Å²) in [5.74, 6) is 0.657. The van der Waals surface area contributed by atoms with Crippen LogP contribution in [0, 0.1) is 6.92 Å². The fourth-order valence-corrected chi connectivity index (χ4v) is 2.36. The van der Waals surface area contributed by atoms with Gasteiger partial charge in [0.2, 0.25) is 5.78 Å². The molecule has 94 valence electrons. The number of hydrogen-bond donors (Lipinski definition) is 0. The van der Waals surface area contributed by atoms with E-state index in [4.69, 9.17) is 4.74 Å². The molecule has 0 saturated heterocycles. The molecular formula is C13H13BrN2O2. The molecular weight excluding hydrogens is 296 g/mol. The highest BCUT2D eigenvalue weighted by molar-refractivity contribution is 9.10. The Hall–Kier alpha value is -1.62. The Kier molecular flexibility index (Phi) is 3.52. The molecule has 5 heteroatoms. The van der Waals surface area contributed by atoms with E-state index in [9.17, 15) is 4.79 Å². The smallest absolute Gasteiger partial charge is 0.211 e. The molecule has 0 saturated carbocycles. The number of rotatable bonds is 3. The third-order valence-electron chi connectivity index (χ3n) is 2.75. The summed E-state index contributed by atoms with van der Waals surface area (Å²) in [4.78, 5) is 12.4. The predicted octanol–water partition coefficient (Wildman–Crippen LogP) is 2.73. The highest BCUT2D eigenvalue weighted by Crippen LogP contribution is 2.26. The Labute approximate surface area is 114 Å². The maximum atomic E-state index is 12.4. The van der Waals surface area contributed by atoms with E-state index in [0.29, 0.717) is 17.0 Å². The highest BCUT2D eigenvalue weighted by atomic mass is 79.9. The Morgan fingerprint density at radius 1 is 1.44 bits per heavy atom. The topological polar surface area (TPSA) is 44.1 Å². The minimum atomic E-state index is -0.0455. The number of carbonyl (C=O) groups is 1. The molecule has 0 amide bonds. The number of aryl methyl sites for hydroxylation is 2. The van der Waals surface area contributed by atoms with Gasteiger partial charge in [-0.25, -0.2) is 0 Å². The molecule has 0 aliphatic heterocycles. The van der Waals surface area contributed by atoms with Gasteiger partial charge in [-0.3, -0.25) is 9.48 Å². The van der Waals surface area contributed by atoms with E-state index in [0.717, 1.165) is 10.0 Å². The minimum absolute atomic E-state index is 0.0455. The third-order valence-corrected chi connectivity index (χ3v) is 3.37. The van der Waals surface area contributed by atoms with Crippen LogP contribution in [0.4, 0.5) is 0 Å². The van der Waals surface area contributed by atoms with Crippen LogP contribution in [0.5, 0.6) is 5.75 Å². The molecule has 0 aliphatic rings. The summed E-state index contributed by atoms with van der Waals surface area (Å²) in [6, 6.07) is 5.27. The second kappa shape index (κ2) is 4.94. The molecule has 0 N–H and O–H groups in total. The molecule has 0 spiro atoms. The van der Waals surface area contributed by atoms with Crippen LogP contribution in [0.15, 0.2) is 28.9 Å². The van der Waals surface area contributed by atoms with E-state index in [2.05, 4.69) is 21.0 Å². The summed E-state index contributed by atoms with van der Waals surface area (Å²) < 4.78 is 7.50. The summed E-state index contributed by atoms with van der Waals surface area (Å²) in [5, 5.41) is 4.08. The molecule has 0 radical (unpaired) electrons. The quantitative estimate of drug-likeness (QED) is 0.819. The van der Waals surface area contributed by atoms with Crippen LogP contribution >= 0.6 is 15.9 Å². The van der Waals surface area contributed by atoms with Crippen molar-refractivity contribution in [2.45, 2.75) is 6.92 Å². The van der Waals surface area contributed by atoms with Gasteiger partial charge in [0.1, 0.15) is 11.4 Å². The van der Waals surface area contributed by atoms with E-state index >= 15 is 0 Å². The van der Waals surface area contributed by atoms with Crippen molar-refractivity contribution < 1.29 is 9.53 Å². The van der Waals surface area contributed by atoms with Crippen LogP contribution in [-0.2, 0) is 7.05 Å². The molecule has 0 unspecified atom stereocenters. The van der Waals surface area contributed by atoms with Gasteiger partial charge in [0.15, 0.2) is 0 Å². The first-order valence-corrected chi connectivity index (χ1v) is 6.20. The summed E-state index contributed by atoms with van der Waals surface area (Å²) >= 11 is 3.38. The van der Waals surface area contributed by atoms with Crippen molar-refractivity contribution in [2.24, 2.45) is 7.05 Å². The van der Waals surface area contributed by atoms with Gasteiger partial charge < -0.3 is 4.74 Å². The van der Waals surface area contributed by atoms with Gasteiger partial charge in [0, 0.05) is 12.6 Å². The standard InChI is InChI=1S/C13H13BrN2O2/c1-8-7-15-16(2)12(8)13(17)9-4-5-11(18-3)10(14)6-9/h4-7H,1-3H3. The molecule has 0 atom stereocenters. The number of benzene rings is 1. The van der Waals surface area contributed by atoms with Crippen LogP contribution < -0.4 is 4.74 Å². The van der Waals surface area contributed by atoms with Crippen LogP contribution in [-0.4, -0.2) is 22.7 Å². The van der Waals surface area contributed by atoms with Gasteiger partial charge in [-0.05, 0) is 46.6 Å². The zero-order chi connectivity index (χ0) is 13.3. The molecule has 4 nitrogen and oxygen atoms in total. The number of hydrogen-bond acceptors (Lipinski definition) is 3. The van der Waals surface area contributed by atoms with Gasteiger partial charge in [0.05, 0.1) is 17.8 Å². The molecule has 0 fully saturated rings. The zero-order valence-corrected chi connectivity index (χ0v) is 12.0. The number of carbonyl (C=O) groups excluding carboxylic acids is 1. The molecule has 18 heavy (non-hydrogen) atoms. The first-order valence-electron chi connectivity index (χ1n) is 5.41. The average molecular weight is 309 g/mol. The summed E-state index contributed by atoms with van der Waals surface area (Å²) in [6.07, 6.45) is 1.69. The van der Waals surface area contributed by atoms with Gasteiger partial charge in [-0.15, -0.1) is 0 Å². The molecule has 1 aromatic carbocycles. The normalized spacial score (nSPS) is 10.4. The van der Waals surface area contributed by atoms with Crippen molar-refractivity contribution in [1.82, 2.24) is 9.78 Å². The lowest BCUT2D eigenvalue weighted by Gasteiger charge is -2.06. The monoisotopic (exact) mass is 308 g/mol. The number of halogens is 1. The summed E-state index contributed by atoms with van der Waals surface area (Å²) in [6.45, 7) is 1.87. The first-order chi connectivity index (χ1) is 8.54. The second-order valence-electron chi connectivity index (χ2n) is 3.98. The molecule has 2 rings (SSSR count). The summed E-state index contributed by atoms with van der Waals surface area (Å²) in [5.41, 5.74) is 2.08. The van der Waals surface area contributed by atoms with Crippen LogP contribution in [0.3, 0.4) is 0 Å². The second-order valence-corrected chi connectivity index (χ2v) is 4.83. The fraction of sp³-hybridized carbons (Fsp3) is 0.231. The van der Waals surface area contributed by atoms with Crippen molar-refractivity contribution in [3.05, 3.63) is 45.7 Å². The van der Waals surface area contributed by atoms with E-state index in [-0.39, 0.29) is 5.78 Å². The Morgan fingerprint density at radius 2 is 2.17 bits per heavy atom. The molecule has 1 heterocycles. The molecule has 0 bridgehead atoms. The van der Waals surface area contributed by atoms with Gasteiger partial charge in [-0.2, -0.15) is 5.10 Å². The predicted molar refractivity (Wildman–Crippen MR) is 72.1 cm³/mol. The average Bonchev–Trinajstić information content (AvgIpc) is 2.68. The van der Waals surface area contributed by atoms with Gasteiger partial charge in [-0.1, -0.05) is 0 Å². The number of methoxy groups -OCH3 is 1. The van der Waals surface area contributed by atoms with E-state index < -0.39 is 0 Å². The number of nitrogens with zero attached hydrogens (tertiary/aromatic N) is 2. The lowest BCUT2D eigenvalue weighted by Crippen LogP contribution is -2.09. The lowest BCUT2D eigenvalue weighted by atomic mass is 10.1. The van der Waals surface area contributed by atoms with Crippen molar-refractivity contribution >= 4 is 21.7 Å². The fourth-order valence-electron chi connectivity index (χ4n) is 1.82. The Bertz CT molecular complexity index is 586. The number of aromatic nitrogens is 2. The Morgan fingerprint density at radius 3 is 2.67 bits per heavy atom. The van der Waals surface area contributed by atoms with Gasteiger partial charge in [0.25, 0.3) is 0 Å². The molecule has 1 aromatic heterocycles. The number of ether oxygens (including phenoxy) is 1. The van der Waals surface area contributed by atoms with E-state index in [1.807, 2.05) is 6.92 Å². The minimum Gasteiger partial charge on any atom is -0.496 e. The van der Waals surface area contributed by atoms with Crippen LogP contribution in [0.2, 0.25) is 0 Å². The maximum Gasteiger partial charge on any atom is 0.211 e. The maximum absolute atomic E-state index is 12.4. The lowest BCUT2D eigenvalue weighted by molar-refractivity contribution is 0.102. The van der Waals surface area contributed by atoms with Crippen molar-refractivity contribution in [3.8, 4) is 5.75 Å². The van der Waals surface area contributed by atoms with Crippen molar-refractivity contribution in [2.75, 3.05) is 7.11 Å². The van der Waals surface area contributed by atoms with Crippen molar-refractivity contribution in [3.63, 3.8) is 0 Å². The third kappa shape index (κ3) is 2.18. The summed E-state index contributed by atoms with van der Waals surface area (Å²) in [7, 11) is 3.35. The Balaban J connectivity index is 2.44.